The smallest absolute Gasteiger partial charge is 0.126 e. The Hall–Kier alpha value is -0.422. The van der Waals surface area contributed by atoms with Crippen molar-refractivity contribution in [2.45, 2.75) is 0 Å². The monoisotopic (exact) mass is 253 g/mol. The van der Waals surface area contributed by atoms with E-state index in [2.05, 4.69) is 6.08 Å². The standard InChI is InChI=1S/C9H8O.Sb/c1-2-6-9-8(4-1)5-3-7-10-9;/h1-6H,7H2;. The van der Waals surface area contributed by atoms with E-state index < -0.39 is 0 Å². The third-order valence-electron chi connectivity index (χ3n) is 1.55. The van der Waals surface area contributed by atoms with E-state index in [1.807, 2.05) is 30.3 Å². The molecule has 0 unspecified atom stereocenters. The predicted molar refractivity (Wildman–Crippen MR) is 46.7 cm³/mol. The molecular weight excluding hydrogens is 246 g/mol. The molecule has 0 saturated carbocycles. The van der Waals surface area contributed by atoms with E-state index in [9.17, 15) is 0 Å². The largest absolute Gasteiger partial charge is 0.489 e. The zero-order chi connectivity index (χ0) is 6.81. The van der Waals surface area contributed by atoms with E-state index in [1.54, 1.807) is 0 Å². The van der Waals surface area contributed by atoms with Gasteiger partial charge >= 0.3 is 0 Å². The Morgan fingerprint density at radius 3 is 2.82 bits per heavy atom. The van der Waals surface area contributed by atoms with E-state index in [0.29, 0.717) is 6.61 Å². The average Bonchev–Trinajstić information content (AvgIpc) is 2.05. The Morgan fingerprint density at radius 1 is 1.18 bits per heavy atom. The van der Waals surface area contributed by atoms with Gasteiger partial charge < -0.3 is 4.74 Å². The molecule has 2 heteroatoms. The van der Waals surface area contributed by atoms with E-state index in [4.69, 9.17) is 4.74 Å². The summed E-state index contributed by atoms with van der Waals surface area (Å²) in [5, 5.41) is 0. The van der Waals surface area contributed by atoms with Crippen molar-refractivity contribution in [1.29, 1.82) is 0 Å². The third-order valence-corrected chi connectivity index (χ3v) is 1.55. The van der Waals surface area contributed by atoms with Crippen molar-refractivity contribution in [3.63, 3.8) is 0 Å². The molecule has 1 aliphatic heterocycles. The summed E-state index contributed by atoms with van der Waals surface area (Å²) in [6.07, 6.45) is 4.10. The van der Waals surface area contributed by atoms with Gasteiger partial charge in [0.1, 0.15) is 12.4 Å². The molecule has 0 aromatic heterocycles. The first-order valence-electron chi connectivity index (χ1n) is 3.35. The van der Waals surface area contributed by atoms with Crippen molar-refractivity contribution in [3.05, 3.63) is 35.9 Å². The van der Waals surface area contributed by atoms with Crippen LogP contribution in [-0.4, -0.2) is 31.0 Å². The number of para-hydroxylation sites is 1. The van der Waals surface area contributed by atoms with Crippen molar-refractivity contribution in [2.24, 2.45) is 0 Å². The molecule has 1 heterocycles. The maximum atomic E-state index is 5.34. The van der Waals surface area contributed by atoms with E-state index in [1.165, 1.54) is 5.56 Å². The molecule has 0 aliphatic carbocycles. The van der Waals surface area contributed by atoms with Gasteiger partial charge in [-0.25, -0.2) is 0 Å². The molecule has 1 aromatic carbocycles. The molecular formula is C9H8OSb. The first-order chi connectivity index (χ1) is 4.97. The summed E-state index contributed by atoms with van der Waals surface area (Å²) >= 11 is 0. The van der Waals surface area contributed by atoms with Gasteiger partial charge in [-0.3, -0.25) is 0 Å². The normalized spacial score (nSPS) is 12.7. The molecule has 1 aliphatic rings. The van der Waals surface area contributed by atoms with Gasteiger partial charge in [0.15, 0.2) is 0 Å². The second kappa shape index (κ2) is 3.82. The number of hydrogen-bond donors (Lipinski definition) is 0. The summed E-state index contributed by atoms with van der Waals surface area (Å²) in [6.45, 7) is 0.705. The molecule has 0 amide bonds. The molecule has 0 saturated heterocycles. The minimum absolute atomic E-state index is 0. The van der Waals surface area contributed by atoms with E-state index in [0.717, 1.165) is 5.75 Å². The molecule has 55 valence electrons. The topological polar surface area (TPSA) is 9.23 Å². The zero-order valence-corrected chi connectivity index (χ0v) is 8.58. The maximum Gasteiger partial charge on any atom is 0.126 e. The molecule has 0 bridgehead atoms. The number of fused-ring (bicyclic) bond motifs is 1. The third kappa shape index (κ3) is 1.78. The van der Waals surface area contributed by atoms with Crippen LogP contribution in [0.25, 0.3) is 6.08 Å². The summed E-state index contributed by atoms with van der Waals surface area (Å²) in [7, 11) is 0. The SMILES string of the molecule is C1=Cc2ccccc2OC1.[Sb]. The molecule has 0 N–H and O–H groups in total. The maximum absolute atomic E-state index is 5.34. The fourth-order valence-corrected chi connectivity index (χ4v) is 1.06. The van der Waals surface area contributed by atoms with Crippen molar-refractivity contribution in [1.82, 2.24) is 0 Å². The molecule has 1 nitrogen and oxygen atoms in total. The van der Waals surface area contributed by atoms with Gasteiger partial charge in [-0.15, -0.1) is 0 Å². The van der Waals surface area contributed by atoms with Crippen LogP contribution in [0.2, 0.25) is 0 Å². The summed E-state index contributed by atoms with van der Waals surface area (Å²) in [4.78, 5) is 0. The van der Waals surface area contributed by atoms with Gasteiger partial charge in [-0.2, -0.15) is 0 Å². The quantitative estimate of drug-likeness (QED) is 0.640. The Balaban J connectivity index is 0.000000605. The van der Waals surface area contributed by atoms with Gasteiger partial charge in [0.2, 0.25) is 0 Å². The Labute approximate surface area is 83.5 Å². The predicted octanol–water partition coefficient (Wildman–Crippen LogP) is 1.71. The summed E-state index contributed by atoms with van der Waals surface area (Å²) in [5.74, 6) is 0.991. The first kappa shape index (κ1) is 8.67. The van der Waals surface area contributed by atoms with Crippen molar-refractivity contribution >= 4 is 30.5 Å². The summed E-state index contributed by atoms with van der Waals surface area (Å²) in [6, 6.07) is 8.03. The van der Waals surface area contributed by atoms with Gasteiger partial charge in [0, 0.05) is 30.0 Å². The second-order valence-corrected chi connectivity index (χ2v) is 2.25. The number of hydrogen-bond acceptors (Lipinski definition) is 1. The van der Waals surface area contributed by atoms with Crippen molar-refractivity contribution in [2.75, 3.05) is 6.61 Å². The van der Waals surface area contributed by atoms with E-state index >= 15 is 0 Å². The first-order valence-corrected chi connectivity index (χ1v) is 3.35. The van der Waals surface area contributed by atoms with Crippen molar-refractivity contribution < 1.29 is 4.74 Å². The van der Waals surface area contributed by atoms with Gasteiger partial charge in [0.05, 0.1) is 0 Å². The second-order valence-electron chi connectivity index (χ2n) is 2.25. The molecule has 0 spiro atoms. The molecule has 11 heavy (non-hydrogen) atoms. The van der Waals surface area contributed by atoms with Crippen LogP contribution in [0.5, 0.6) is 5.75 Å². The van der Waals surface area contributed by atoms with Gasteiger partial charge in [-0.1, -0.05) is 24.3 Å². The van der Waals surface area contributed by atoms with Crippen LogP contribution in [0.1, 0.15) is 5.56 Å². The molecule has 0 atom stereocenters. The fraction of sp³-hybridized carbons (Fsp3) is 0.111. The van der Waals surface area contributed by atoms with Crippen LogP contribution < -0.4 is 4.74 Å². The van der Waals surface area contributed by atoms with Gasteiger partial charge in [-0.05, 0) is 12.1 Å². The van der Waals surface area contributed by atoms with Crippen LogP contribution in [0.3, 0.4) is 0 Å². The minimum atomic E-state index is 0. The number of ether oxygens (including phenoxy) is 1. The molecule has 0 fully saturated rings. The van der Waals surface area contributed by atoms with Crippen LogP contribution in [0.15, 0.2) is 30.3 Å². The van der Waals surface area contributed by atoms with Crippen LogP contribution >= 0.6 is 0 Å². The minimum Gasteiger partial charge on any atom is -0.489 e. The molecule has 1 aromatic rings. The summed E-state index contributed by atoms with van der Waals surface area (Å²) in [5.41, 5.74) is 1.17. The molecule has 2 rings (SSSR count). The molecule has 3 radical (unpaired) electrons. The number of rotatable bonds is 0. The average molecular weight is 254 g/mol. The van der Waals surface area contributed by atoms with E-state index in [-0.39, 0.29) is 24.4 Å². The van der Waals surface area contributed by atoms with Crippen LogP contribution in [0, 0.1) is 0 Å². The summed E-state index contributed by atoms with van der Waals surface area (Å²) < 4.78 is 5.34. The zero-order valence-electron chi connectivity index (χ0n) is 6.03. The van der Waals surface area contributed by atoms with Crippen LogP contribution in [0.4, 0.5) is 0 Å². The Bertz CT molecular complexity index is 268. The van der Waals surface area contributed by atoms with Crippen LogP contribution in [-0.2, 0) is 0 Å². The Morgan fingerprint density at radius 2 is 2.00 bits per heavy atom. The van der Waals surface area contributed by atoms with Gasteiger partial charge in [0.25, 0.3) is 0 Å². The Kier molecular flexibility index (Phi) is 3.01. The van der Waals surface area contributed by atoms with Crippen molar-refractivity contribution in [3.8, 4) is 5.75 Å². The fourth-order valence-electron chi connectivity index (χ4n) is 1.06. The number of benzene rings is 1.